The highest BCUT2D eigenvalue weighted by Crippen LogP contribution is 2.21. The summed E-state index contributed by atoms with van der Waals surface area (Å²) in [5, 5.41) is 29.7. The highest BCUT2D eigenvalue weighted by atomic mass is 32.2. The van der Waals surface area contributed by atoms with E-state index < -0.39 is 41.8 Å². The first-order chi connectivity index (χ1) is 16.3. The second-order valence-corrected chi connectivity index (χ2v) is 8.60. The molecule has 0 aliphatic heterocycles. The lowest BCUT2D eigenvalue weighted by Crippen LogP contribution is -2.44. The molecule has 0 saturated heterocycles. The third-order valence-electron chi connectivity index (χ3n) is 4.37. The molecule has 0 heterocycles. The van der Waals surface area contributed by atoms with Gasteiger partial charge >= 0.3 is 11.9 Å². The monoisotopic (exact) mass is 494 g/mol. The molecular weight excluding hydrogens is 456 g/mol. The number of rotatable bonds is 19. The number of aliphatic hydroxyl groups is 1. The van der Waals surface area contributed by atoms with E-state index in [4.69, 9.17) is 15.9 Å². The summed E-state index contributed by atoms with van der Waals surface area (Å²) in [5.41, 5.74) is 5.82. The summed E-state index contributed by atoms with van der Waals surface area (Å²) in [7, 11) is 0. The lowest BCUT2D eigenvalue weighted by Gasteiger charge is -2.21. The summed E-state index contributed by atoms with van der Waals surface area (Å²) in [6, 6.07) is -0.935. The van der Waals surface area contributed by atoms with E-state index in [1.807, 2.05) is 24.3 Å². The maximum absolute atomic E-state index is 11.9. The van der Waals surface area contributed by atoms with Gasteiger partial charge in [-0.25, -0.2) is 0 Å². The molecule has 0 rings (SSSR count). The number of aliphatic hydroxyl groups excluding tert-OH is 1. The van der Waals surface area contributed by atoms with E-state index in [2.05, 4.69) is 36.5 Å². The molecule has 0 aliphatic carbocycles. The standard InChI is InChI=1S/C25H38N2O6S/c1-2-3-4-5-6-7-8-9-10-11-12-13-16-22(21(28)15-14-17-23(29)30)34-19-20(26)25(33)27-18-24(31)32/h3-4,6-7,9-13,16,20-22,28H,2,5,8,14-15,17-19,26H2,1H3,(H,27,33)(H,29,30)(H,31,32)/b4-3+,7-6-,10-9-,12-11+,16-13+/t20?,21-,22+/m0/s1. The van der Waals surface area contributed by atoms with Crippen molar-refractivity contribution in [2.45, 2.75) is 62.8 Å². The van der Waals surface area contributed by atoms with Crippen molar-refractivity contribution in [2.24, 2.45) is 5.73 Å². The number of thioether (sulfide) groups is 1. The molecule has 9 heteroatoms. The Hall–Kier alpha value is -2.62. The first-order valence-corrected chi connectivity index (χ1v) is 12.4. The van der Waals surface area contributed by atoms with Gasteiger partial charge in [-0.3, -0.25) is 14.4 Å². The second-order valence-electron chi connectivity index (χ2n) is 7.39. The molecule has 1 unspecified atom stereocenters. The molecule has 0 bridgehead atoms. The Morgan fingerprint density at radius 2 is 1.59 bits per heavy atom. The van der Waals surface area contributed by atoms with Crippen molar-refractivity contribution in [3.63, 3.8) is 0 Å². The predicted octanol–water partition coefficient (Wildman–Crippen LogP) is 3.20. The third kappa shape index (κ3) is 18.9. The molecule has 34 heavy (non-hydrogen) atoms. The average molecular weight is 495 g/mol. The van der Waals surface area contributed by atoms with E-state index in [0.29, 0.717) is 6.42 Å². The number of carbonyl (C=O) groups excluding carboxylic acids is 1. The lowest BCUT2D eigenvalue weighted by atomic mass is 10.1. The molecule has 190 valence electrons. The summed E-state index contributed by atoms with van der Waals surface area (Å²) >= 11 is 1.26. The van der Waals surface area contributed by atoms with Crippen LogP contribution >= 0.6 is 11.8 Å². The van der Waals surface area contributed by atoms with Crippen LogP contribution in [0.4, 0.5) is 0 Å². The summed E-state index contributed by atoms with van der Waals surface area (Å²) in [6.45, 7) is 1.59. The molecule has 0 spiro atoms. The van der Waals surface area contributed by atoms with Crippen LogP contribution in [0.5, 0.6) is 0 Å². The Morgan fingerprint density at radius 1 is 0.941 bits per heavy atom. The van der Waals surface area contributed by atoms with Crippen molar-refractivity contribution < 1.29 is 29.7 Å². The summed E-state index contributed by atoms with van der Waals surface area (Å²) < 4.78 is 0. The maximum atomic E-state index is 11.9. The van der Waals surface area contributed by atoms with Crippen molar-refractivity contribution in [3.8, 4) is 0 Å². The number of nitrogens with one attached hydrogen (secondary N) is 1. The van der Waals surface area contributed by atoms with E-state index in [1.54, 1.807) is 12.2 Å². The van der Waals surface area contributed by atoms with Crippen LogP contribution in [0.3, 0.4) is 0 Å². The number of carboxylic acid groups (broad SMARTS) is 2. The van der Waals surface area contributed by atoms with Gasteiger partial charge in [0, 0.05) is 17.4 Å². The van der Waals surface area contributed by atoms with Gasteiger partial charge in [0.05, 0.1) is 12.1 Å². The van der Waals surface area contributed by atoms with E-state index in [-0.39, 0.29) is 18.6 Å². The molecule has 0 aromatic heterocycles. The maximum Gasteiger partial charge on any atom is 0.322 e. The van der Waals surface area contributed by atoms with Crippen LogP contribution in [0.2, 0.25) is 0 Å². The normalized spacial score (nSPS) is 15.0. The molecule has 0 aliphatic rings. The number of carbonyl (C=O) groups is 3. The van der Waals surface area contributed by atoms with Crippen LogP contribution in [0.15, 0.2) is 60.8 Å². The topological polar surface area (TPSA) is 150 Å². The van der Waals surface area contributed by atoms with Crippen LogP contribution in [-0.2, 0) is 14.4 Å². The highest BCUT2D eigenvalue weighted by Gasteiger charge is 2.21. The Balaban J connectivity index is 4.74. The van der Waals surface area contributed by atoms with E-state index >= 15 is 0 Å². The zero-order chi connectivity index (χ0) is 25.6. The predicted molar refractivity (Wildman–Crippen MR) is 138 cm³/mol. The molecule has 0 aromatic carbocycles. The number of amides is 1. The zero-order valence-electron chi connectivity index (χ0n) is 19.7. The Kier molecular flexibility index (Phi) is 19.3. The number of aliphatic carboxylic acids is 2. The van der Waals surface area contributed by atoms with Gasteiger partial charge in [0.15, 0.2) is 0 Å². The Bertz CT molecular complexity index is 746. The lowest BCUT2D eigenvalue weighted by molar-refractivity contribution is -0.138. The molecule has 0 aromatic rings. The minimum absolute atomic E-state index is 0.0384. The van der Waals surface area contributed by atoms with Crippen LogP contribution < -0.4 is 11.1 Å². The quantitative estimate of drug-likeness (QED) is 0.136. The number of hydrogen-bond donors (Lipinski definition) is 5. The molecule has 8 nitrogen and oxygen atoms in total. The van der Waals surface area contributed by atoms with Gasteiger partial charge in [-0.2, -0.15) is 0 Å². The van der Waals surface area contributed by atoms with Crippen LogP contribution in [-0.4, -0.2) is 62.9 Å². The fourth-order valence-electron chi connectivity index (χ4n) is 2.58. The molecule has 6 N–H and O–H groups in total. The molecule has 0 saturated carbocycles. The van der Waals surface area contributed by atoms with E-state index in [0.717, 1.165) is 19.3 Å². The SMILES string of the molecule is CC/C=C/C/C=C\C\C=C/C=C/C=C/[C@@H](SCC(N)C(=O)NCC(=O)O)[C@@H](O)CCCC(=O)O. The molecule has 3 atom stereocenters. The summed E-state index contributed by atoms with van der Waals surface area (Å²) in [5.74, 6) is -2.51. The van der Waals surface area contributed by atoms with Crippen molar-refractivity contribution in [1.29, 1.82) is 0 Å². The number of hydrogen-bond acceptors (Lipinski definition) is 6. The van der Waals surface area contributed by atoms with Crippen molar-refractivity contribution >= 4 is 29.6 Å². The van der Waals surface area contributed by atoms with Gasteiger partial charge in [-0.05, 0) is 32.1 Å². The minimum atomic E-state index is -1.16. The summed E-state index contributed by atoms with van der Waals surface area (Å²) in [6.07, 6.45) is 22.2. The molecule has 0 radical (unpaired) electrons. The van der Waals surface area contributed by atoms with Crippen molar-refractivity contribution in [1.82, 2.24) is 5.32 Å². The number of nitrogens with two attached hydrogens (primary N) is 1. The highest BCUT2D eigenvalue weighted by molar-refractivity contribution is 8.00. The smallest absolute Gasteiger partial charge is 0.322 e. The fourth-order valence-corrected chi connectivity index (χ4v) is 3.72. The number of allylic oxidation sites excluding steroid dienone is 9. The first-order valence-electron chi connectivity index (χ1n) is 11.3. The second kappa shape index (κ2) is 20.9. The summed E-state index contributed by atoms with van der Waals surface area (Å²) in [4.78, 5) is 33.1. The van der Waals surface area contributed by atoms with Crippen molar-refractivity contribution in [2.75, 3.05) is 12.3 Å². The first kappa shape index (κ1) is 31.4. The third-order valence-corrected chi connectivity index (χ3v) is 5.78. The molecule has 0 fully saturated rings. The minimum Gasteiger partial charge on any atom is -0.481 e. The van der Waals surface area contributed by atoms with Crippen LogP contribution in [0.25, 0.3) is 0 Å². The Morgan fingerprint density at radius 3 is 2.24 bits per heavy atom. The van der Waals surface area contributed by atoms with E-state index in [9.17, 15) is 19.5 Å². The largest absolute Gasteiger partial charge is 0.481 e. The molecule has 1 amide bonds. The van der Waals surface area contributed by atoms with Gasteiger partial charge in [-0.15, -0.1) is 11.8 Å². The van der Waals surface area contributed by atoms with Gasteiger partial charge in [0.1, 0.15) is 6.54 Å². The van der Waals surface area contributed by atoms with Crippen LogP contribution in [0, 0.1) is 0 Å². The fraction of sp³-hybridized carbons (Fsp3) is 0.480. The van der Waals surface area contributed by atoms with E-state index in [1.165, 1.54) is 11.8 Å². The van der Waals surface area contributed by atoms with Gasteiger partial charge in [0.2, 0.25) is 5.91 Å². The van der Waals surface area contributed by atoms with Gasteiger partial charge in [-0.1, -0.05) is 67.7 Å². The molecular formula is C25H38N2O6S. The average Bonchev–Trinajstić information content (AvgIpc) is 2.79. The number of carboxylic acids is 2. The zero-order valence-corrected chi connectivity index (χ0v) is 20.5. The van der Waals surface area contributed by atoms with Crippen LogP contribution in [0.1, 0.15) is 45.4 Å². The van der Waals surface area contributed by atoms with Crippen molar-refractivity contribution in [3.05, 3.63) is 60.8 Å². The van der Waals surface area contributed by atoms with Gasteiger partial charge in [0.25, 0.3) is 0 Å². The Labute approximate surface area is 206 Å². The van der Waals surface area contributed by atoms with Gasteiger partial charge < -0.3 is 26.4 Å².